The Morgan fingerprint density at radius 3 is 1.55 bits per heavy atom. The quantitative estimate of drug-likeness (QED) is 0.545. The van der Waals surface area contributed by atoms with Crippen molar-refractivity contribution in [3.8, 4) is 0 Å². The minimum absolute atomic E-state index is 0. The molecule has 11 heavy (non-hydrogen) atoms. The highest BCUT2D eigenvalue weighted by atomic mass is 28.3. The molecule has 2 heteroatoms. The molecule has 0 nitrogen and oxygen atoms in total. The van der Waals surface area contributed by atoms with Crippen molar-refractivity contribution in [2.75, 3.05) is 0 Å². The summed E-state index contributed by atoms with van der Waals surface area (Å²) in [7, 11) is -0.237. The fourth-order valence-electron chi connectivity index (χ4n) is 1.25. The fraction of sp³-hybridized carbons (Fsp3) is 1.00. The molecule has 0 aliphatic heterocycles. The lowest BCUT2D eigenvalue weighted by Crippen LogP contribution is -2.04. The Morgan fingerprint density at radius 1 is 0.909 bits per heavy atom. The first-order chi connectivity index (χ1) is 4.81. The molecule has 0 unspecified atom stereocenters. The van der Waals surface area contributed by atoms with Crippen molar-refractivity contribution in [1.29, 1.82) is 0 Å². The van der Waals surface area contributed by atoms with Gasteiger partial charge in [0.1, 0.15) is 0 Å². The number of unbranched alkanes of at least 4 members (excludes halogenated alkanes) is 2. The molecule has 0 aromatic carbocycles. The number of halogens is 1. The summed E-state index contributed by atoms with van der Waals surface area (Å²) in [5.41, 5.74) is 0. The van der Waals surface area contributed by atoms with Crippen LogP contribution in [0.25, 0.3) is 0 Å². The van der Waals surface area contributed by atoms with Gasteiger partial charge in [0.25, 0.3) is 0 Å². The van der Waals surface area contributed by atoms with Crippen LogP contribution in [0.3, 0.4) is 0 Å². The Kier molecular flexibility index (Phi) is 12.7. The second-order valence-corrected chi connectivity index (χ2v) is 6.75. The van der Waals surface area contributed by atoms with Gasteiger partial charge in [-0.15, -0.1) is 0 Å². The molecule has 0 N–H and O–H groups in total. The van der Waals surface area contributed by atoms with Gasteiger partial charge >= 0.3 is 0 Å². The Morgan fingerprint density at radius 2 is 1.27 bits per heavy atom. The van der Waals surface area contributed by atoms with Gasteiger partial charge in [0.05, 0.1) is 0 Å². The van der Waals surface area contributed by atoms with Crippen LogP contribution >= 0.6 is 0 Å². The first kappa shape index (κ1) is 13.7. The molecule has 70 valence electrons. The Labute approximate surface area is 72.4 Å². The molecule has 0 atom stereocenters. The Hall–Kier alpha value is 0.147. The minimum atomic E-state index is -0.237. The predicted octanol–water partition coefficient (Wildman–Crippen LogP) is 3.60. The monoisotopic (exact) mass is 178 g/mol. The van der Waals surface area contributed by atoms with Crippen LogP contribution in [0.1, 0.15) is 39.5 Å². The van der Waals surface area contributed by atoms with Crippen molar-refractivity contribution in [2.45, 2.75) is 58.2 Å². The van der Waals surface area contributed by atoms with Crippen LogP contribution in [0.5, 0.6) is 0 Å². The normalized spacial score (nSPS) is 9.82. The number of hydrogen-bond acceptors (Lipinski definition) is 0. The van der Waals surface area contributed by atoms with E-state index in [0.29, 0.717) is 0 Å². The van der Waals surface area contributed by atoms with E-state index in [9.17, 15) is 0 Å². The third-order valence-corrected chi connectivity index (χ3v) is 4.89. The summed E-state index contributed by atoms with van der Waals surface area (Å²) >= 11 is 0. The Balaban J connectivity index is 0. The van der Waals surface area contributed by atoms with E-state index in [1.807, 2.05) is 0 Å². The molecule has 0 aromatic rings. The smallest absolute Gasteiger partial charge is 0.0336 e. The lowest BCUT2D eigenvalue weighted by Gasteiger charge is -2.06. The van der Waals surface area contributed by atoms with E-state index in [0.717, 1.165) is 0 Å². The fourth-order valence-corrected chi connectivity index (χ4v) is 3.75. The van der Waals surface area contributed by atoms with E-state index in [1.54, 1.807) is 12.1 Å². The maximum Gasteiger partial charge on any atom is 0.0336 e. The molecule has 0 aromatic heterocycles. The highest BCUT2D eigenvalue weighted by Gasteiger charge is 2.00. The largest absolute Gasteiger partial charge is 0.269 e. The topological polar surface area (TPSA) is 0 Å². The summed E-state index contributed by atoms with van der Waals surface area (Å²) in [4.78, 5) is 0. The van der Waals surface area contributed by atoms with E-state index < -0.39 is 0 Å². The predicted molar refractivity (Wildman–Crippen MR) is 54.9 cm³/mol. The van der Waals surface area contributed by atoms with Gasteiger partial charge < -0.3 is 0 Å². The molecule has 0 spiro atoms. The van der Waals surface area contributed by atoms with E-state index >= 15 is 0 Å². The van der Waals surface area contributed by atoms with Crippen molar-refractivity contribution in [3.05, 3.63) is 0 Å². The summed E-state index contributed by atoms with van der Waals surface area (Å²) in [6, 6.07) is 3.16. The van der Waals surface area contributed by atoms with Crippen LogP contribution in [0.4, 0.5) is 4.70 Å². The zero-order valence-corrected chi connectivity index (χ0v) is 9.38. The van der Waals surface area contributed by atoms with Gasteiger partial charge in [0.15, 0.2) is 0 Å². The van der Waals surface area contributed by atoms with Gasteiger partial charge in [-0.25, -0.2) is 0 Å². The van der Waals surface area contributed by atoms with Gasteiger partial charge in [0, 0.05) is 8.80 Å². The van der Waals surface area contributed by atoms with Gasteiger partial charge in [-0.2, -0.15) is 0 Å². The maximum atomic E-state index is 2.52. The summed E-state index contributed by atoms with van der Waals surface area (Å²) in [5.74, 6) is 0. The van der Waals surface area contributed by atoms with E-state index in [-0.39, 0.29) is 13.5 Å². The maximum absolute atomic E-state index is 2.52. The molecular weight excluding hydrogens is 155 g/mol. The van der Waals surface area contributed by atoms with Crippen molar-refractivity contribution in [1.82, 2.24) is 0 Å². The zero-order chi connectivity index (χ0) is 7.82. The summed E-state index contributed by atoms with van der Waals surface area (Å²) < 4.78 is 0. The molecule has 0 radical (unpaired) electrons. The van der Waals surface area contributed by atoms with E-state index in [2.05, 4.69) is 20.4 Å². The molecule has 0 bridgehead atoms. The molecule has 0 amide bonds. The van der Waals surface area contributed by atoms with Crippen LogP contribution in [0, 0.1) is 0 Å². The Bertz CT molecular complexity index is 58.6. The molecule has 0 aliphatic rings. The molecular formula is C9H23FSi. The van der Waals surface area contributed by atoms with Crippen molar-refractivity contribution in [2.24, 2.45) is 0 Å². The molecule has 0 heterocycles. The van der Waals surface area contributed by atoms with Crippen LogP contribution in [-0.2, 0) is 0 Å². The summed E-state index contributed by atoms with van der Waals surface area (Å²) in [6.45, 7) is 7.10. The van der Waals surface area contributed by atoms with Crippen LogP contribution in [0.2, 0.25) is 18.6 Å². The third-order valence-electron chi connectivity index (χ3n) is 2.10. The second-order valence-electron chi connectivity index (χ2n) is 3.39. The molecule has 0 fully saturated rings. The lowest BCUT2D eigenvalue weighted by atomic mass is 10.4. The van der Waals surface area contributed by atoms with E-state index in [1.165, 1.54) is 25.7 Å². The summed E-state index contributed by atoms with van der Waals surface area (Å²) in [5, 5.41) is 0. The first-order valence-electron chi connectivity index (χ1n) is 4.81. The average molecular weight is 178 g/mol. The van der Waals surface area contributed by atoms with Crippen LogP contribution in [0.15, 0.2) is 0 Å². The van der Waals surface area contributed by atoms with Gasteiger partial charge in [-0.1, -0.05) is 58.2 Å². The second kappa shape index (κ2) is 10.1. The van der Waals surface area contributed by atoms with Crippen molar-refractivity contribution in [3.63, 3.8) is 0 Å². The van der Waals surface area contributed by atoms with Crippen molar-refractivity contribution < 1.29 is 4.70 Å². The van der Waals surface area contributed by atoms with Gasteiger partial charge in [0.2, 0.25) is 0 Å². The highest BCUT2D eigenvalue weighted by Crippen LogP contribution is 2.08. The van der Waals surface area contributed by atoms with E-state index in [4.69, 9.17) is 0 Å². The first-order valence-corrected chi connectivity index (χ1v) is 7.60. The van der Waals surface area contributed by atoms with Gasteiger partial charge in [-0.3, -0.25) is 4.70 Å². The van der Waals surface area contributed by atoms with Crippen molar-refractivity contribution >= 4 is 8.80 Å². The molecule has 0 saturated carbocycles. The molecule has 0 aliphatic carbocycles. The third kappa shape index (κ3) is 10.1. The molecule has 0 saturated heterocycles. The standard InChI is InChI=1S/C9H22Si.FH/c1-4-6-8-10(3)9-7-5-2;/h10H,4-9H2,1-3H3;1H. The highest BCUT2D eigenvalue weighted by molar-refractivity contribution is 6.57. The average Bonchev–Trinajstić information content (AvgIpc) is 1.97. The summed E-state index contributed by atoms with van der Waals surface area (Å²) in [6.07, 6.45) is 5.75. The SMILES string of the molecule is CCCC[SiH](C)CCCC.F. The zero-order valence-electron chi connectivity index (χ0n) is 8.23. The van der Waals surface area contributed by atoms with Crippen LogP contribution < -0.4 is 0 Å². The minimum Gasteiger partial charge on any atom is -0.269 e. The van der Waals surface area contributed by atoms with Gasteiger partial charge in [-0.05, 0) is 0 Å². The lowest BCUT2D eigenvalue weighted by molar-refractivity contribution is 0.842. The molecule has 0 rings (SSSR count). The number of hydrogen-bond donors (Lipinski definition) is 0. The van der Waals surface area contributed by atoms with Crippen LogP contribution in [-0.4, -0.2) is 8.80 Å². The number of rotatable bonds is 6.